The Bertz CT molecular complexity index is 1290. The number of amidine groups is 1. The molecule has 0 spiro atoms. The molecule has 3 aromatic rings. The number of hydrogen-bond acceptors (Lipinski definition) is 7. The first-order chi connectivity index (χ1) is 15.9. The molecule has 2 aromatic heterocycles. The molecule has 5 rings (SSSR count). The molecule has 0 aliphatic carbocycles. The predicted octanol–water partition coefficient (Wildman–Crippen LogP) is 3.68. The molecule has 2 aliphatic rings. The summed E-state index contributed by atoms with van der Waals surface area (Å²) in [5.41, 5.74) is 3.53. The number of aromatic nitrogens is 2. The van der Waals surface area contributed by atoms with E-state index < -0.39 is 0 Å². The van der Waals surface area contributed by atoms with Crippen molar-refractivity contribution in [2.75, 3.05) is 23.4 Å². The van der Waals surface area contributed by atoms with Gasteiger partial charge in [-0.05, 0) is 36.8 Å². The van der Waals surface area contributed by atoms with Crippen LogP contribution in [-0.4, -0.2) is 46.1 Å². The van der Waals surface area contributed by atoms with Crippen molar-refractivity contribution in [3.8, 4) is 0 Å². The average molecular weight is 483 g/mol. The molecule has 2 aliphatic heterocycles. The summed E-state index contributed by atoms with van der Waals surface area (Å²) in [6.07, 6.45) is 0. The summed E-state index contributed by atoms with van der Waals surface area (Å²) in [6.45, 7) is 3.64. The number of fused-ring (bicyclic) bond motifs is 1. The first kappa shape index (κ1) is 21.4. The van der Waals surface area contributed by atoms with Gasteiger partial charge in [-0.1, -0.05) is 23.7 Å². The SMILES string of the molecule is Cc1nnc(NC(=O)c2ccc(Cl)s2)c2c1CN(Cc1cccc(N3CCOC3=N)c1)C2=O. The van der Waals surface area contributed by atoms with Gasteiger partial charge in [-0.2, -0.15) is 5.10 Å². The molecule has 1 fully saturated rings. The van der Waals surface area contributed by atoms with Crippen LogP contribution < -0.4 is 10.2 Å². The van der Waals surface area contributed by atoms with Crippen LogP contribution in [0.15, 0.2) is 36.4 Å². The van der Waals surface area contributed by atoms with E-state index in [9.17, 15) is 9.59 Å². The lowest BCUT2D eigenvalue weighted by Gasteiger charge is -2.19. The maximum absolute atomic E-state index is 13.3. The van der Waals surface area contributed by atoms with E-state index in [0.717, 1.165) is 28.2 Å². The fraction of sp³-hybridized carbons (Fsp3) is 0.227. The van der Waals surface area contributed by atoms with Crippen molar-refractivity contribution < 1.29 is 14.3 Å². The molecule has 0 atom stereocenters. The Balaban J connectivity index is 1.38. The number of ether oxygens (including phenoxy) is 1. The highest BCUT2D eigenvalue weighted by molar-refractivity contribution is 7.18. The Labute approximate surface area is 198 Å². The number of carbonyl (C=O) groups is 2. The van der Waals surface area contributed by atoms with E-state index in [0.29, 0.717) is 46.7 Å². The van der Waals surface area contributed by atoms with Crippen LogP contribution >= 0.6 is 22.9 Å². The van der Waals surface area contributed by atoms with Crippen LogP contribution in [0.2, 0.25) is 4.34 Å². The van der Waals surface area contributed by atoms with Crippen LogP contribution in [0.4, 0.5) is 11.5 Å². The van der Waals surface area contributed by atoms with E-state index in [-0.39, 0.29) is 23.7 Å². The summed E-state index contributed by atoms with van der Waals surface area (Å²) in [6, 6.07) is 11.1. The summed E-state index contributed by atoms with van der Waals surface area (Å²) in [7, 11) is 0. The Morgan fingerprint density at radius 3 is 2.88 bits per heavy atom. The quantitative estimate of drug-likeness (QED) is 0.573. The van der Waals surface area contributed by atoms with Gasteiger partial charge in [0.25, 0.3) is 17.8 Å². The zero-order valence-electron chi connectivity index (χ0n) is 17.6. The van der Waals surface area contributed by atoms with Gasteiger partial charge in [-0.3, -0.25) is 19.9 Å². The van der Waals surface area contributed by atoms with Gasteiger partial charge in [-0.15, -0.1) is 16.4 Å². The third-order valence-electron chi connectivity index (χ3n) is 5.55. The minimum Gasteiger partial charge on any atom is -0.463 e. The molecule has 1 aromatic carbocycles. The van der Waals surface area contributed by atoms with Gasteiger partial charge in [0.1, 0.15) is 6.61 Å². The third-order valence-corrected chi connectivity index (χ3v) is 6.78. The van der Waals surface area contributed by atoms with Crippen molar-refractivity contribution in [2.24, 2.45) is 0 Å². The number of nitrogens with zero attached hydrogens (tertiary/aromatic N) is 4. The lowest BCUT2D eigenvalue weighted by Crippen LogP contribution is -2.26. The van der Waals surface area contributed by atoms with Gasteiger partial charge in [0.15, 0.2) is 5.82 Å². The largest absolute Gasteiger partial charge is 0.463 e. The molecule has 0 saturated carbocycles. The molecule has 4 heterocycles. The van der Waals surface area contributed by atoms with E-state index >= 15 is 0 Å². The summed E-state index contributed by atoms with van der Waals surface area (Å²) in [5.74, 6) is -0.458. The lowest BCUT2D eigenvalue weighted by molar-refractivity contribution is 0.0767. The summed E-state index contributed by atoms with van der Waals surface area (Å²) < 4.78 is 5.73. The first-order valence-electron chi connectivity index (χ1n) is 10.2. The number of halogens is 1. The Kier molecular flexibility index (Phi) is 5.47. The van der Waals surface area contributed by atoms with Crippen LogP contribution in [0.5, 0.6) is 0 Å². The smallest absolute Gasteiger partial charge is 0.289 e. The minimum atomic E-state index is -0.388. The number of amides is 2. The fourth-order valence-corrected chi connectivity index (χ4v) is 4.87. The van der Waals surface area contributed by atoms with Crippen molar-refractivity contribution in [2.45, 2.75) is 20.0 Å². The summed E-state index contributed by atoms with van der Waals surface area (Å²) in [5, 5.41) is 18.9. The minimum absolute atomic E-state index is 0.122. The number of thiophene rings is 1. The fourth-order valence-electron chi connectivity index (χ4n) is 3.93. The number of anilines is 2. The highest BCUT2D eigenvalue weighted by atomic mass is 35.5. The summed E-state index contributed by atoms with van der Waals surface area (Å²) >= 11 is 7.08. The number of rotatable bonds is 5. The number of hydrogen-bond donors (Lipinski definition) is 2. The van der Waals surface area contributed by atoms with Crippen molar-refractivity contribution in [3.63, 3.8) is 0 Å². The topological polar surface area (TPSA) is 112 Å². The zero-order chi connectivity index (χ0) is 23.1. The lowest BCUT2D eigenvalue weighted by atomic mass is 10.1. The number of benzene rings is 1. The van der Waals surface area contributed by atoms with Gasteiger partial charge < -0.3 is 15.0 Å². The van der Waals surface area contributed by atoms with Gasteiger partial charge in [0, 0.05) is 24.3 Å². The molecular weight excluding hydrogens is 464 g/mol. The Hall–Kier alpha value is -3.50. The Morgan fingerprint density at radius 2 is 2.15 bits per heavy atom. The molecule has 0 unspecified atom stereocenters. The first-order valence-corrected chi connectivity index (χ1v) is 11.4. The standard InChI is InChI=1S/C22H19ClN6O3S/c1-12-15-11-28(10-13-3-2-4-14(9-13)29-7-8-32-22(29)24)21(31)18(15)19(27-26-12)25-20(30)16-5-6-17(23)33-16/h2-6,9,24H,7-8,10-11H2,1H3,(H,25,27,30). The van der Waals surface area contributed by atoms with Gasteiger partial charge in [0.2, 0.25) is 0 Å². The highest BCUT2D eigenvalue weighted by Crippen LogP contribution is 2.32. The maximum Gasteiger partial charge on any atom is 0.289 e. The number of carbonyl (C=O) groups excluding carboxylic acids is 2. The van der Waals surface area contributed by atoms with E-state index in [1.165, 1.54) is 0 Å². The second-order valence-corrected chi connectivity index (χ2v) is 9.40. The zero-order valence-corrected chi connectivity index (χ0v) is 19.2. The van der Waals surface area contributed by atoms with Crippen LogP contribution in [0.3, 0.4) is 0 Å². The van der Waals surface area contributed by atoms with Crippen LogP contribution in [-0.2, 0) is 17.8 Å². The molecule has 2 amide bonds. The van der Waals surface area contributed by atoms with Crippen molar-refractivity contribution >= 4 is 52.3 Å². The monoisotopic (exact) mass is 482 g/mol. The van der Waals surface area contributed by atoms with E-state index in [1.54, 1.807) is 28.9 Å². The highest BCUT2D eigenvalue weighted by Gasteiger charge is 2.34. The number of nitrogens with one attached hydrogen (secondary N) is 2. The van der Waals surface area contributed by atoms with E-state index in [4.69, 9.17) is 21.7 Å². The van der Waals surface area contributed by atoms with E-state index in [2.05, 4.69) is 15.5 Å². The molecule has 1 saturated heterocycles. The molecule has 2 N–H and O–H groups in total. The molecule has 0 bridgehead atoms. The molecule has 11 heteroatoms. The summed E-state index contributed by atoms with van der Waals surface area (Å²) in [4.78, 5) is 29.8. The van der Waals surface area contributed by atoms with Crippen LogP contribution in [0, 0.1) is 12.3 Å². The number of aryl methyl sites for hydroxylation is 1. The van der Waals surface area contributed by atoms with Crippen LogP contribution in [0.1, 0.15) is 36.9 Å². The average Bonchev–Trinajstić information content (AvgIpc) is 3.50. The van der Waals surface area contributed by atoms with Crippen LogP contribution in [0.25, 0.3) is 0 Å². The second-order valence-electron chi connectivity index (χ2n) is 7.68. The predicted molar refractivity (Wildman–Crippen MR) is 125 cm³/mol. The van der Waals surface area contributed by atoms with Gasteiger partial charge in [0.05, 0.1) is 27.0 Å². The van der Waals surface area contributed by atoms with Crippen molar-refractivity contribution in [1.82, 2.24) is 15.1 Å². The maximum atomic E-state index is 13.3. The van der Waals surface area contributed by atoms with E-state index in [1.807, 2.05) is 24.3 Å². The Morgan fingerprint density at radius 1 is 1.30 bits per heavy atom. The third kappa shape index (κ3) is 4.03. The molecule has 9 nitrogen and oxygen atoms in total. The van der Waals surface area contributed by atoms with Crippen molar-refractivity contribution in [1.29, 1.82) is 5.41 Å². The van der Waals surface area contributed by atoms with Crippen molar-refractivity contribution in [3.05, 3.63) is 68.0 Å². The van der Waals surface area contributed by atoms with Gasteiger partial charge >= 0.3 is 0 Å². The molecular formula is C22H19ClN6O3S. The molecule has 33 heavy (non-hydrogen) atoms. The molecule has 0 radical (unpaired) electrons. The molecule has 168 valence electrons. The second kappa shape index (κ2) is 8.45. The van der Waals surface area contributed by atoms with Gasteiger partial charge in [-0.25, -0.2) is 0 Å². The normalized spacial score (nSPS) is 15.1.